The number of phenols is 1. The van der Waals surface area contributed by atoms with Gasteiger partial charge in [0, 0.05) is 6.07 Å². The van der Waals surface area contributed by atoms with E-state index in [-0.39, 0.29) is 17.3 Å². The molecule has 0 aliphatic heterocycles. The first-order valence-corrected chi connectivity index (χ1v) is 6.34. The Morgan fingerprint density at radius 1 is 1.47 bits per heavy atom. The van der Waals surface area contributed by atoms with Crippen LogP contribution in [-0.4, -0.2) is 26.2 Å². The van der Waals surface area contributed by atoms with Crippen LogP contribution in [0.1, 0.15) is 12.5 Å². The summed E-state index contributed by atoms with van der Waals surface area (Å²) in [6.45, 7) is 3.19. The van der Waals surface area contributed by atoms with Crippen molar-refractivity contribution in [3.05, 3.63) is 23.8 Å². The maximum Gasteiger partial charge on any atom is 0.421 e. The topological polar surface area (TPSA) is 92.7 Å². The summed E-state index contributed by atoms with van der Waals surface area (Å²) < 4.78 is 29.8. The smallest absolute Gasteiger partial charge is 0.421 e. The number of rotatable bonds is 3. The second kappa shape index (κ2) is 5.05. The van der Waals surface area contributed by atoms with E-state index in [9.17, 15) is 18.3 Å². The fraction of sp³-hybridized carbons (Fsp3) is 0.300. The zero-order chi connectivity index (χ0) is 13.1. The number of carbonyl (C=O) groups is 1. The van der Waals surface area contributed by atoms with Gasteiger partial charge in [-0.15, -0.1) is 0 Å². The molecule has 0 fully saturated rings. The molecular formula is C10H13NO5S. The van der Waals surface area contributed by atoms with Crippen LogP contribution in [0.3, 0.4) is 0 Å². The summed E-state index contributed by atoms with van der Waals surface area (Å²) in [6, 6.07) is 3.87. The van der Waals surface area contributed by atoms with Crippen LogP contribution in [-0.2, 0) is 14.8 Å². The summed E-state index contributed by atoms with van der Waals surface area (Å²) in [5.74, 6) is -0.195. The van der Waals surface area contributed by atoms with E-state index in [4.69, 9.17) is 0 Å². The summed E-state index contributed by atoms with van der Waals surface area (Å²) in [4.78, 5) is 10.9. The molecular weight excluding hydrogens is 246 g/mol. The molecule has 1 amide bonds. The second-order valence-electron chi connectivity index (χ2n) is 3.28. The summed E-state index contributed by atoms with van der Waals surface area (Å²) in [7, 11) is -4.02. The Bertz CT molecular complexity index is 523. The number of carbonyl (C=O) groups excluding carboxylic acids is 1. The first-order valence-electron chi connectivity index (χ1n) is 4.86. The first-order chi connectivity index (χ1) is 7.86. The van der Waals surface area contributed by atoms with Crippen molar-refractivity contribution in [1.82, 2.24) is 4.72 Å². The predicted octanol–water partition coefficient (Wildman–Crippen LogP) is 1.14. The van der Waals surface area contributed by atoms with Crippen molar-refractivity contribution in [2.24, 2.45) is 0 Å². The molecule has 0 spiro atoms. The summed E-state index contributed by atoms with van der Waals surface area (Å²) in [5.41, 5.74) is 0.416. The SMILES string of the molecule is CCOC(=O)NS(=O)(=O)c1cc(O)ccc1C. The molecule has 17 heavy (non-hydrogen) atoms. The minimum atomic E-state index is -4.02. The van der Waals surface area contributed by atoms with Crippen LogP contribution in [0.4, 0.5) is 4.79 Å². The highest BCUT2D eigenvalue weighted by Gasteiger charge is 2.20. The van der Waals surface area contributed by atoms with Gasteiger partial charge in [0.05, 0.1) is 11.5 Å². The standard InChI is InChI=1S/C10H13NO5S/c1-3-16-10(13)11-17(14,15)9-6-8(12)5-4-7(9)2/h4-6,12H,3H2,1-2H3,(H,11,13). The summed E-state index contributed by atoms with van der Waals surface area (Å²) >= 11 is 0. The minimum Gasteiger partial charge on any atom is -0.508 e. The Hall–Kier alpha value is -1.76. The van der Waals surface area contributed by atoms with Gasteiger partial charge in [0.25, 0.3) is 10.0 Å². The first kappa shape index (κ1) is 13.3. The highest BCUT2D eigenvalue weighted by atomic mass is 32.2. The van der Waals surface area contributed by atoms with Crippen LogP contribution in [0.2, 0.25) is 0 Å². The van der Waals surface area contributed by atoms with Crippen molar-refractivity contribution in [3.63, 3.8) is 0 Å². The molecule has 7 heteroatoms. The van der Waals surface area contributed by atoms with Crippen molar-refractivity contribution in [2.75, 3.05) is 6.61 Å². The van der Waals surface area contributed by atoms with E-state index in [0.29, 0.717) is 5.56 Å². The Kier molecular flexibility index (Phi) is 3.95. The fourth-order valence-electron chi connectivity index (χ4n) is 1.20. The van der Waals surface area contributed by atoms with Crippen molar-refractivity contribution < 1.29 is 23.1 Å². The number of hydrogen-bond donors (Lipinski definition) is 2. The number of benzene rings is 1. The number of hydrogen-bond acceptors (Lipinski definition) is 5. The number of ether oxygens (including phenoxy) is 1. The van der Waals surface area contributed by atoms with E-state index in [1.165, 1.54) is 12.1 Å². The van der Waals surface area contributed by atoms with Crippen molar-refractivity contribution >= 4 is 16.1 Å². The Morgan fingerprint density at radius 2 is 2.12 bits per heavy atom. The Balaban J connectivity index is 3.05. The van der Waals surface area contributed by atoms with Crippen LogP contribution in [0, 0.1) is 6.92 Å². The number of sulfonamides is 1. The fourth-order valence-corrected chi connectivity index (χ4v) is 2.36. The molecule has 0 unspecified atom stereocenters. The van der Waals surface area contributed by atoms with E-state index in [1.807, 2.05) is 0 Å². The van der Waals surface area contributed by atoms with Gasteiger partial charge in [-0.05, 0) is 25.5 Å². The van der Waals surface area contributed by atoms with E-state index >= 15 is 0 Å². The van der Waals surface area contributed by atoms with Gasteiger partial charge in [-0.2, -0.15) is 0 Å². The van der Waals surface area contributed by atoms with Crippen LogP contribution in [0.5, 0.6) is 5.75 Å². The van der Waals surface area contributed by atoms with Gasteiger partial charge in [-0.1, -0.05) is 6.07 Å². The van der Waals surface area contributed by atoms with Gasteiger partial charge >= 0.3 is 6.09 Å². The maximum atomic E-state index is 11.8. The molecule has 0 heterocycles. The average molecular weight is 259 g/mol. The van der Waals surface area contributed by atoms with Gasteiger partial charge in [-0.25, -0.2) is 17.9 Å². The van der Waals surface area contributed by atoms with Crippen LogP contribution in [0.25, 0.3) is 0 Å². The number of phenolic OH excluding ortho intramolecular Hbond substituents is 1. The van der Waals surface area contributed by atoms with E-state index < -0.39 is 16.1 Å². The van der Waals surface area contributed by atoms with Gasteiger partial charge < -0.3 is 9.84 Å². The van der Waals surface area contributed by atoms with Crippen molar-refractivity contribution in [1.29, 1.82) is 0 Å². The second-order valence-corrected chi connectivity index (χ2v) is 4.93. The van der Waals surface area contributed by atoms with Crippen LogP contribution in [0.15, 0.2) is 23.1 Å². The molecule has 0 aliphatic rings. The Morgan fingerprint density at radius 3 is 2.71 bits per heavy atom. The number of nitrogens with one attached hydrogen (secondary N) is 1. The van der Waals surface area contributed by atoms with Gasteiger partial charge in [-0.3, -0.25) is 0 Å². The minimum absolute atomic E-state index is 0.0698. The lowest BCUT2D eigenvalue weighted by atomic mass is 10.2. The Labute approximate surface area is 99.3 Å². The van der Waals surface area contributed by atoms with Gasteiger partial charge in [0.1, 0.15) is 5.75 Å². The molecule has 6 nitrogen and oxygen atoms in total. The summed E-state index contributed by atoms with van der Waals surface area (Å²) in [5, 5.41) is 9.23. The predicted molar refractivity (Wildman–Crippen MR) is 60.2 cm³/mol. The maximum absolute atomic E-state index is 11.8. The quantitative estimate of drug-likeness (QED) is 0.849. The normalized spacial score (nSPS) is 10.9. The molecule has 1 aromatic carbocycles. The summed E-state index contributed by atoms with van der Waals surface area (Å²) in [6.07, 6.45) is -1.05. The van der Waals surface area contributed by atoms with Crippen LogP contribution < -0.4 is 4.72 Å². The average Bonchev–Trinajstić information content (AvgIpc) is 2.21. The molecule has 2 N–H and O–H groups in total. The molecule has 1 aromatic rings. The number of amides is 1. The van der Waals surface area contributed by atoms with E-state index in [2.05, 4.69) is 4.74 Å². The third-order valence-corrected chi connectivity index (χ3v) is 3.41. The number of aromatic hydroxyl groups is 1. The van der Waals surface area contributed by atoms with Gasteiger partial charge in [0.2, 0.25) is 0 Å². The molecule has 0 radical (unpaired) electrons. The molecule has 0 aromatic heterocycles. The molecule has 0 saturated carbocycles. The molecule has 94 valence electrons. The third-order valence-electron chi connectivity index (χ3n) is 1.95. The van der Waals surface area contributed by atoms with Crippen molar-refractivity contribution in [3.8, 4) is 5.75 Å². The molecule has 0 saturated heterocycles. The monoisotopic (exact) mass is 259 g/mol. The lowest BCUT2D eigenvalue weighted by Crippen LogP contribution is -2.31. The highest BCUT2D eigenvalue weighted by molar-refractivity contribution is 7.90. The highest BCUT2D eigenvalue weighted by Crippen LogP contribution is 2.20. The van der Waals surface area contributed by atoms with E-state index in [0.717, 1.165) is 6.07 Å². The molecule has 0 atom stereocenters. The van der Waals surface area contributed by atoms with E-state index in [1.54, 1.807) is 18.6 Å². The molecule has 1 rings (SSSR count). The lowest BCUT2D eigenvalue weighted by molar-refractivity contribution is 0.158. The van der Waals surface area contributed by atoms with Crippen LogP contribution >= 0.6 is 0 Å². The third kappa shape index (κ3) is 3.35. The lowest BCUT2D eigenvalue weighted by Gasteiger charge is -2.09. The molecule has 0 aliphatic carbocycles. The number of aryl methyl sites for hydroxylation is 1. The zero-order valence-corrected chi connectivity index (χ0v) is 10.2. The molecule has 0 bridgehead atoms. The largest absolute Gasteiger partial charge is 0.508 e. The van der Waals surface area contributed by atoms with Crippen molar-refractivity contribution in [2.45, 2.75) is 18.7 Å². The zero-order valence-electron chi connectivity index (χ0n) is 9.43. The van der Waals surface area contributed by atoms with Gasteiger partial charge in [0.15, 0.2) is 0 Å².